The Balaban J connectivity index is 1.56. The van der Waals surface area contributed by atoms with Gasteiger partial charge < -0.3 is 0 Å². The van der Waals surface area contributed by atoms with Crippen molar-refractivity contribution in [3.05, 3.63) is 41.4 Å². The summed E-state index contributed by atoms with van der Waals surface area (Å²) in [6.45, 7) is 0.461. The van der Waals surface area contributed by atoms with Crippen molar-refractivity contribution >= 4 is 15.7 Å². The number of aromatic nitrogens is 5. The van der Waals surface area contributed by atoms with E-state index in [-0.39, 0.29) is 35.2 Å². The van der Waals surface area contributed by atoms with E-state index in [1.165, 1.54) is 22.1 Å². The van der Waals surface area contributed by atoms with Crippen LogP contribution in [0.3, 0.4) is 0 Å². The second kappa shape index (κ2) is 7.10. The van der Waals surface area contributed by atoms with E-state index in [1.807, 2.05) is 0 Å². The number of sulfonamides is 1. The highest BCUT2D eigenvalue weighted by Gasteiger charge is 2.34. The molecule has 0 aliphatic carbocycles. The van der Waals surface area contributed by atoms with Gasteiger partial charge in [0, 0.05) is 19.3 Å². The second-order valence-corrected chi connectivity index (χ2v) is 8.95. The quantitative estimate of drug-likeness (QED) is 0.638. The molecule has 0 aromatic carbocycles. The van der Waals surface area contributed by atoms with Gasteiger partial charge in [-0.15, -0.1) is 0 Å². The Labute approximate surface area is 165 Å². The highest BCUT2D eigenvalue weighted by Crippen LogP contribution is 2.34. The van der Waals surface area contributed by atoms with Gasteiger partial charge in [-0.25, -0.2) is 27.0 Å². The van der Waals surface area contributed by atoms with E-state index < -0.39 is 22.4 Å². The summed E-state index contributed by atoms with van der Waals surface area (Å²) in [5.74, 6) is -0.487. The molecular weight excluding hydrogens is 409 g/mol. The van der Waals surface area contributed by atoms with E-state index >= 15 is 0 Å². The van der Waals surface area contributed by atoms with Gasteiger partial charge in [0.2, 0.25) is 10.0 Å². The first kappa shape index (κ1) is 19.8. The third-order valence-electron chi connectivity index (χ3n) is 5.49. The summed E-state index contributed by atoms with van der Waals surface area (Å²) < 4.78 is 69.2. The summed E-state index contributed by atoms with van der Waals surface area (Å²) in [4.78, 5) is 3.67. The van der Waals surface area contributed by atoms with Crippen LogP contribution in [0.5, 0.6) is 0 Å². The minimum Gasteiger partial charge on any atom is -0.218 e. The number of nitrogens with zero attached hydrogens (tertiary/aromatic N) is 6. The van der Waals surface area contributed by atoms with Gasteiger partial charge in [0.15, 0.2) is 11.5 Å². The summed E-state index contributed by atoms with van der Waals surface area (Å²) in [6, 6.07) is 0. The zero-order valence-electron chi connectivity index (χ0n) is 15.8. The van der Waals surface area contributed by atoms with Crippen molar-refractivity contribution in [2.75, 3.05) is 13.1 Å². The molecule has 4 heterocycles. The van der Waals surface area contributed by atoms with Gasteiger partial charge in [-0.1, -0.05) is 0 Å². The van der Waals surface area contributed by atoms with Crippen LogP contribution in [0.25, 0.3) is 5.65 Å². The molecule has 3 aromatic rings. The fraction of sp³-hybridized carbons (Fsp3) is 0.471. The molecule has 0 spiro atoms. The molecule has 4 rings (SSSR count). The van der Waals surface area contributed by atoms with Crippen LogP contribution in [0.4, 0.5) is 13.2 Å². The third-order valence-corrected chi connectivity index (χ3v) is 7.49. The lowest BCUT2D eigenvalue weighted by Crippen LogP contribution is -2.38. The Hall–Kier alpha value is -2.47. The maximum Gasteiger partial charge on any atom is 0.333 e. The number of pyridine rings is 1. The Morgan fingerprint density at radius 2 is 1.86 bits per heavy atom. The standard InChI is InChI=1S/C17H19F3N6O2S/c1-10-13(8-25-16(15(10)18)21-9-23-25)12-3-5-24(6-4-12)29(27,28)14-7-22-26(11(14)2)17(19)20/h7-9,12,17H,3-6H2,1-2H3. The largest absolute Gasteiger partial charge is 0.333 e. The van der Waals surface area contributed by atoms with Crippen LogP contribution in [-0.4, -0.2) is 50.2 Å². The van der Waals surface area contributed by atoms with Crippen LogP contribution in [0.15, 0.2) is 23.6 Å². The molecule has 0 radical (unpaired) electrons. The van der Waals surface area contributed by atoms with Crippen LogP contribution in [0.1, 0.15) is 42.1 Å². The maximum atomic E-state index is 14.5. The van der Waals surface area contributed by atoms with Crippen molar-refractivity contribution in [3.8, 4) is 0 Å². The zero-order valence-corrected chi connectivity index (χ0v) is 16.6. The lowest BCUT2D eigenvalue weighted by Gasteiger charge is -2.32. The van der Waals surface area contributed by atoms with Gasteiger partial charge in [0.1, 0.15) is 11.2 Å². The van der Waals surface area contributed by atoms with E-state index in [0.717, 1.165) is 11.8 Å². The van der Waals surface area contributed by atoms with Gasteiger partial charge in [-0.2, -0.15) is 23.3 Å². The molecule has 29 heavy (non-hydrogen) atoms. The molecule has 0 amide bonds. The smallest absolute Gasteiger partial charge is 0.218 e. The molecule has 0 unspecified atom stereocenters. The molecule has 1 aliphatic heterocycles. The first-order chi connectivity index (χ1) is 13.7. The fourth-order valence-corrected chi connectivity index (χ4v) is 5.46. The number of alkyl halides is 2. The van der Waals surface area contributed by atoms with Gasteiger partial charge in [-0.3, -0.25) is 0 Å². The van der Waals surface area contributed by atoms with E-state index in [4.69, 9.17) is 0 Å². The Bertz CT molecular complexity index is 1170. The minimum atomic E-state index is -3.94. The lowest BCUT2D eigenvalue weighted by molar-refractivity contribution is 0.0541. The molecule has 0 saturated carbocycles. The van der Waals surface area contributed by atoms with Crippen LogP contribution in [0, 0.1) is 19.7 Å². The number of hydrogen-bond acceptors (Lipinski definition) is 5. The number of piperidine rings is 1. The van der Waals surface area contributed by atoms with Crippen LogP contribution in [0.2, 0.25) is 0 Å². The molecule has 12 heteroatoms. The normalized spacial score (nSPS) is 16.9. The molecule has 8 nitrogen and oxygen atoms in total. The number of rotatable bonds is 4. The SMILES string of the molecule is Cc1c(C2CCN(S(=O)(=O)c3cnn(C(F)F)c3C)CC2)cn2ncnc2c1F. The number of halogens is 3. The first-order valence-electron chi connectivity index (χ1n) is 9.02. The number of fused-ring (bicyclic) bond motifs is 1. The van der Waals surface area contributed by atoms with Crippen molar-refractivity contribution in [1.82, 2.24) is 28.7 Å². The maximum absolute atomic E-state index is 14.5. The van der Waals surface area contributed by atoms with Crippen LogP contribution in [-0.2, 0) is 10.0 Å². The predicted molar refractivity (Wildman–Crippen MR) is 96.6 cm³/mol. The molecule has 1 saturated heterocycles. The second-order valence-electron chi connectivity index (χ2n) is 7.05. The van der Waals surface area contributed by atoms with Crippen molar-refractivity contribution in [2.45, 2.75) is 44.1 Å². The van der Waals surface area contributed by atoms with Crippen molar-refractivity contribution in [3.63, 3.8) is 0 Å². The molecular formula is C17H19F3N6O2S. The highest BCUT2D eigenvalue weighted by molar-refractivity contribution is 7.89. The fourth-order valence-electron chi connectivity index (χ4n) is 3.84. The Morgan fingerprint density at radius 3 is 2.48 bits per heavy atom. The average molecular weight is 428 g/mol. The van der Waals surface area contributed by atoms with Gasteiger partial charge in [0.05, 0.1) is 11.9 Å². The van der Waals surface area contributed by atoms with E-state index in [1.54, 1.807) is 13.1 Å². The lowest BCUT2D eigenvalue weighted by atomic mass is 9.88. The van der Waals surface area contributed by atoms with Gasteiger partial charge >= 0.3 is 6.55 Å². The highest BCUT2D eigenvalue weighted by atomic mass is 32.2. The topological polar surface area (TPSA) is 85.4 Å². The molecule has 1 fully saturated rings. The Kier molecular flexibility index (Phi) is 4.85. The molecule has 1 aliphatic rings. The van der Waals surface area contributed by atoms with Crippen LogP contribution < -0.4 is 0 Å². The molecule has 156 valence electrons. The summed E-state index contributed by atoms with van der Waals surface area (Å²) in [6.07, 6.45) is 4.91. The summed E-state index contributed by atoms with van der Waals surface area (Å²) >= 11 is 0. The zero-order chi connectivity index (χ0) is 20.9. The van der Waals surface area contributed by atoms with Crippen LogP contribution >= 0.6 is 0 Å². The number of hydrogen-bond donors (Lipinski definition) is 0. The van der Waals surface area contributed by atoms with E-state index in [2.05, 4.69) is 15.2 Å². The monoisotopic (exact) mass is 428 g/mol. The Morgan fingerprint density at radius 1 is 1.17 bits per heavy atom. The third kappa shape index (κ3) is 3.19. The molecule has 0 bridgehead atoms. The van der Waals surface area contributed by atoms with E-state index in [0.29, 0.717) is 23.1 Å². The summed E-state index contributed by atoms with van der Waals surface area (Å²) in [7, 11) is -3.94. The van der Waals surface area contributed by atoms with E-state index in [9.17, 15) is 21.6 Å². The van der Waals surface area contributed by atoms with Gasteiger partial charge in [-0.05, 0) is 43.7 Å². The van der Waals surface area contributed by atoms with Crippen molar-refractivity contribution < 1.29 is 21.6 Å². The first-order valence-corrected chi connectivity index (χ1v) is 10.5. The summed E-state index contributed by atoms with van der Waals surface area (Å²) in [5.41, 5.74) is 1.29. The molecule has 0 N–H and O–H groups in total. The summed E-state index contributed by atoms with van der Waals surface area (Å²) in [5, 5.41) is 7.47. The minimum absolute atomic E-state index is 0.0468. The molecule has 0 atom stereocenters. The van der Waals surface area contributed by atoms with Crippen molar-refractivity contribution in [1.29, 1.82) is 0 Å². The predicted octanol–water partition coefficient (Wildman–Crippen LogP) is 2.65. The van der Waals surface area contributed by atoms with Crippen molar-refractivity contribution in [2.24, 2.45) is 0 Å². The van der Waals surface area contributed by atoms with Gasteiger partial charge in [0.25, 0.3) is 0 Å². The molecule has 3 aromatic heterocycles. The average Bonchev–Trinajstić information content (AvgIpc) is 3.31.